The average Bonchev–Trinajstić information content (AvgIpc) is 3.17. The fourth-order valence-corrected chi connectivity index (χ4v) is 3.20. The third-order valence-electron chi connectivity index (χ3n) is 4.56. The largest absolute Gasteiger partial charge is 0.306 e. The van der Waals surface area contributed by atoms with E-state index in [1.54, 1.807) is 0 Å². The van der Waals surface area contributed by atoms with Crippen LogP contribution in [-0.4, -0.2) is 18.8 Å². The van der Waals surface area contributed by atoms with Gasteiger partial charge in [0.25, 0.3) is 0 Å². The zero-order chi connectivity index (χ0) is 16.8. The number of aromatic nitrogens is 4. The first kappa shape index (κ1) is 14.9. The molecule has 4 aromatic heterocycles. The number of fused-ring (bicyclic) bond motifs is 2. The van der Waals surface area contributed by atoms with Crippen LogP contribution in [0.2, 0.25) is 0 Å². The first-order valence-electron chi connectivity index (χ1n) is 8.49. The average molecular weight is 318 g/mol. The van der Waals surface area contributed by atoms with Crippen LogP contribution in [0, 0.1) is 0 Å². The standard InChI is InChI=1S/C20H22N4/c1-13(2)16-6-5-9-23-12-17(22-20(16)23)15-7-8-19-21-10-18(14(3)4)24(19)11-15/h5-14H,1-4H3. The van der Waals surface area contributed by atoms with Crippen LogP contribution in [0.4, 0.5) is 0 Å². The Balaban J connectivity index is 1.89. The van der Waals surface area contributed by atoms with E-state index in [1.807, 2.05) is 6.20 Å². The van der Waals surface area contributed by atoms with Gasteiger partial charge in [-0.15, -0.1) is 0 Å². The molecule has 0 atom stereocenters. The van der Waals surface area contributed by atoms with E-state index in [-0.39, 0.29) is 0 Å². The van der Waals surface area contributed by atoms with Crippen molar-refractivity contribution in [3.63, 3.8) is 0 Å². The van der Waals surface area contributed by atoms with Crippen molar-refractivity contribution >= 4 is 11.3 Å². The van der Waals surface area contributed by atoms with Crippen molar-refractivity contribution in [2.45, 2.75) is 39.5 Å². The lowest BCUT2D eigenvalue weighted by molar-refractivity contribution is 0.809. The normalized spacial score (nSPS) is 12.1. The first-order chi connectivity index (χ1) is 11.5. The molecule has 0 aliphatic carbocycles. The van der Waals surface area contributed by atoms with Crippen LogP contribution in [0.1, 0.15) is 50.8 Å². The monoisotopic (exact) mass is 318 g/mol. The highest BCUT2D eigenvalue weighted by molar-refractivity contribution is 5.65. The molecule has 0 aliphatic heterocycles. The smallest absolute Gasteiger partial charge is 0.140 e. The Labute approximate surface area is 141 Å². The van der Waals surface area contributed by atoms with Crippen LogP contribution in [0.25, 0.3) is 22.6 Å². The van der Waals surface area contributed by atoms with Gasteiger partial charge in [0.1, 0.15) is 11.3 Å². The minimum atomic E-state index is 0.434. The molecule has 4 nitrogen and oxygen atoms in total. The van der Waals surface area contributed by atoms with Crippen molar-refractivity contribution in [1.29, 1.82) is 0 Å². The van der Waals surface area contributed by atoms with Crippen LogP contribution < -0.4 is 0 Å². The molecule has 24 heavy (non-hydrogen) atoms. The molecular weight excluding hydrogens is 296 g/mol. The van der Waals surface area contributed by atoms with Crippen molar-refractivity contribution in [2.24, 2.45) is 0 Å². The Morgan fingerprint density at radius 1 is 0.958 bits per heavy atom. The Kier molecular flexibility index (Phi) is 3.41. The van der Waals surface area contributed by atoms with Gasteiger partial charge in [-0.1, -0.05) is 33.8 Å². The molecule has 0 aromatic carbocycles. The van der Waals surface area contributed by atoms with Gasteiger partial charge < -0.3 is 8.80 Å². The molecule has 4 heterocycles. The molecule has 0 N–H and O–H groups in total. The highest BCUT2D eigenvalue weighted by atomic mass is 15.0. The Bertz CT molecular complexity index is 1020. The summed E-state index contributed by atoms with van der Waals surface area (Å²) in [5, 5.41) is 0. The van der Waals surface area contributed by atoms with Crippen LogP contribution >= 0.6 is 0 Å². The molecule has 0 spiro atoms. The lowest BCUT2D eigenvalue weighted by atomic mass is 10.1. The van der Waals surface area contributed by atoms with Gasteiger partial charge in [-0.25, -0.2) is 9.97 Å². The van der Waals surface area contributed by atoms with E-state index in [0.717, 1.165) is 22.6 Å². The van der Waals surface area contributed by atoms with E-state index >= 15 is 0 Å². The van der Waals surface area contributed by atoms with Gasteiger partial charge in [0.15, 0.2) is 0 Å². The van der Waals surface area contributed by atoms with E-state index in [4.69, 9.17) is 4.98 Å². The summed E-state index contributed by atoms with van der Waals surface area (Å²) >= 11 is 0. The number of nitrogens with zero attached hydrogens (tertiary/aromatic N) is 4. The van der Waals surface area contributed by atoms with E-state index in [2.05, 4.69) is 84.3 Å². The van der Waals surface area contributed by atoms with Crippen LogP contribution in [-0.2, 0) is 0 Å². The molecule has 4 aromatic rings. The van der Waals surface area contributed by atoms with Crippen LogP contribution in [0.15, 0.2) is 49.1 Å². The number of hydrogen-bond acceptors (Lipinski definition) is 2. The molecule has 4 rings (SSSR count). The minimum Gasteiger partial charge on any atom is -0.306 e. The maximum atomic E-state index is 4.90. The third kappa shape index (κ3) is 2.30. The molecule has 0 radical (unpaired) electrons. The quantitative estimate of drug-likeness (QED) is 0.538. The first-order valence-corrected chi connectivity index (χ1v) is 8.49. The third-order valence-corrected chi connectivity index (χ3v) is 4.56. The van der Waals surface area contributed by atoms with Gasteiger partial charge in [0.2, 0.25) is 0 Å². The fourth-order valence-electron chi connectivity index (χ4n) is 3.20. The second-order valence-electron chi connectivity index (χ2n) is 6.96. The Hall–Kier alpha value is -2.62. The molecule has 122 valence electrons. The number of rotatable bonds is 3. The summed E-state index contributed by atoms with van der Waals surface area (Å²) in [5.41, 5.74) is 6.62. The summed E-state index contributed by atoms with van der Waals surface area (Å²) in [6, 6.07) is 8.41. The summed E-state index contributed by atoms with van der Waals surface area (Å²) in [5.74, 6) is 0.886. The maximum Gasteiger partial charge on any atom is 0.140 e. The lowest BCUT2D eigenvalue weighted by Crippen LogP contribution is -1.95. The van der Waals surface area contributed by atoms with Crippen LogP contribution in [0.5, 0.6) is 0 Å². The van der Waals surface area contributed by atoms with Gasteiger partial charge in [0, 0.05) is 36.0 Å². The topological polar surface area (TPSA) is 34.6 Å². The van der Waals surface area contributed by atoms with Gasteiger partial charge in [-0.2, -0.15) is 0 Å². The molecule has 0 saturated carbocycles. The van der Waals surface area contributed by atoms with E-state index in [0.29, 0.717) is 11.8 Å². The SMILES string of the molecule is CC(C)c1cccn2cc(-c3ccc4ncc(C(C)C)n4c3)nc12. The van der Waals surface area contributed by atoms with Gasteiger partial charge in [-0.3, -0.25) is 0 Å². The summed E-state index contributed by atoms with van der Waals surface area (Å²) in [4.78, 5) is 9.39. The number of hydrogen-bond donors (Lipinski definition) is 0. The minimum absolute atomic E-state index is 0.434. The van der Waals surface area contributed by atoms with Crippen molar-refractivity contribution < 1.29 is 0 Å². The highest BCUT2D eigenvalue weighted by Gasteiger charge is 2.12. The Morgan fingerprint density at radius 2 is 1.79 bits per heavy atom. The molecule has 0 aliphatic rings. The molecule has 0 unspecified atom stereocenters. The molecular formula is C20H22N4. The fraction of sp³-hybridized carbons (Fsp3) is 0.300. The molecule has 0 bridgehead atoms. The maximum absolute atomic E-state index is 4.90. The highest BCUT2D eigenvalue weighted by Crippen LogP contribution is 2.26. The van der Waals surface area contributed by atoms with Crippen molar-refractivity contribution in [3.05, 3.63) is 60.3 Å². The zero-order valence-electron chi connectivity index (χ0n) is 14.6. The zero-order valence-corrected chi connectivity index (χ0v) is 14.6. The van der Waals surface area contributed by atoms with E-state index < -0.39 is 0 Å². The predicted molar refractivity (Wildman–Crippen MR) is 97.6 cm³/mol. The molecule has 4 heteroatoms. The van der Waals surface area contributed by atoms with E-state index in [1.165, 1.54) is 11.3 Å². The molecule has 0 saturated heterocycles. The summed E-state index contributed by atoms with van der Waals surface area (Å²) < 4.78 is 4.29. The van der Waals surface area contributed by atoms with Gasteiger partial charge in [-0.05, 0) is 35.6 Å². The number of pyridine rings is 2. The summed E-state index contributed by atoms with van der Waals surface area (Å²) in [7, 11) is 0. The van der Waals surface area contributed by atoms with Gasteiger partial charge in [0.05, 0.1) is 5.69 Å². The van der Waals surface area contributed by atoms with Gasteiger partial charge >= 0.3 is 0 Å². The summed E-state index contributed by atoms with van der Waals surface area (Å²) in [6.45, 7) is 8.79. The summed E-state index contributed by atoms with van der Waals surface area (Å²) in [6.07, 6.45) is 8.28. The Morgan fingerprint density at radius 3 is 2.54 bits per heavy atom. The predicted octanol–water partition coefficient (Wildman–Crippen LogP) is 4.90. The second-order valence-corrected chi connectivity index (χ2v) is 6.96. The van der Waals surface area contributed by atoms with Crippen molar-refractivity contribution in [3.8, 4) is 11.3 Å². The number of imidazole rings is 2. The lowest BCUT2D eigenvalue weighted by Gasteiger charge is -2.06. The van der Waals surface area contributed by atoms with E-state index in [9.17, 15) is 0 Å². The van der Waals surface area contributed by atoms with Crippen molar-refractivity contribution in [2.75, 3.05) is 0 Å². The second kappa shape index (κ2) is 5.48. The molecule has 0 fully saturated rings. The van der Waals surface area contributed by atoms with Crippen LogP contribution in [0.3, 0.4) is 0 Å². The van der Waals surface area contributed by atoms with Crippen molar-refractivity contribution in [1.82, 2.24) is 18.8 Å². The molecule has 0 amide bonds.